The van der Waals surface area contributed by atoms with Crippen LogP contribution in [0, 0.1) is 11.3 Å². The van der Waals surface area contributed by atoms with Crippen LogP contribution >= 0.6 is 27.3 Å². The highest BCUT2D eigenvalue weighted by Gasteiger charge is 2.16. The van der Waals surface area contributed by atoms with Crippen LogP contribution < -0.4 is 4.74 Å². The molecule has 1 heterocycles. The van der Waals surface area contributed by atoms with Crippen LogP contribution in [0.15, 0.2) is 39.5 Å². The summed E-state index contributed by atoms with van der Waals surface area (Å²) < 4.78 is 11.7. The van der Waals surface area contributed by atoms with Crippen molar-refractivity contribution in [3.63, 3.8) is 0 Å². The Kier molecular flexibility index (Phi) is 5.37. The van der Waals surface area contributed by atoms with Crippen molar-refractivity contribution < 1.29 is 14.3 Å². The molecule has 0 N–H and O–H groups in total. The standard InChI is InChI=1S/C15H12BrNO3S/c1-10(20-13-4-2-3-11(5-13)7-17)15(18)19-8-12-6-14(16)21-9-12/h2-6,9-10H,8H2,1H3. The van der Waals surface area contributed by atoms with Crippen molar-refractivity contribution >= 4 is 33.2 Å². The van der Waals surface area contributed by atoms with Gasteiger partial charge in [-0.15, -0.1) is 11.3 Å². The summed E-state index contributed by atoms with van der Waals surface area (Å²) >= 11 is 4.89. The van der Waals surface area contributed by atoms with E-state index < -0.39 is 12.1 Å². The number of thiophene rings is 1. The maximum atomic E-state index is 11.9. The van der Waals surface area contributed by atoms with E-state index in [0.717, 1.165) is 9.35 Å². The molecule has 21 heavy (non-hydrogen) atoms. The fourth-order valence-electron chi connectivity index (χ4n) is 1.58. The second kappa shape index (κ2) is 7.25. The first kappa shape index (κ1) is 15.5. The van der Waals surface area contributed by atoms with Crippen LogP contribution in [0.5, 0.6) is 5.75 Å². The van der Waals surface area contributed by atoms with E-state index in [-0.39, 0.29) is 6.61 Å². The molecule has 0 spiro atoms. The second-order valence-electron chi connectivity index (χ2n) is 4.27. The van der Waals surface area contributed by atoms with E-state index in [1.54, 1.807) is 31.2 Å². The molecule has 2 aromatic rings. The quantitative estimate of drug-likeness (QED) is 0.754. The molecule has 0 radical (unpaired) electrons. The van der Waals surface area contributed by atoms with Gasteiger partial charge in [0.1, 0.15) is 12.4 Å². The van der Waals surface area contributed by atoms with Gasteiger partial charge in [-0.3, -0.25) is 0 Å². The number of ether oxygens (including phenoxy) is 2. The molecule has 0 fully saturated rings. The first-order chi connectivity index (χ1) is 10.1. The van der Waals surface area contributed by atoms with E-state index in [2.05, 4.69) is 15.9 Å². The molecular formula is C15H12BrNO3S. The van der Waals surface area contributed by atoms with Gasteiger partial charge in [0.05, 0.1) is 15.4 Å². The van der Waals surface area contributed by atoms with Crippen LogP contribution in [0.25, 0.3) is 0 Å². The minimum Gasteiger partial charge on any atom is -0.479 e. The van der Waals surface area contributed by atoms with Gasteiger partial charge in [-0.1, -0.05) is 6.07 Å². The second-order valence-corrected chi connectivity index (χ2v) is 6.56. The van der Waals surface area contributed by atoms with Gasteiger partial charge in [0.2, 0.25) is 0 Å². The third kappa shape index (κ3) is 4.59. The molecule has 6 heteroatoms. The van der Waals surface area contributed by atoms with Crippen molar-refractivity contribution in [1.29, 1.82) is 5.26 Å². The lowest BCUT2D eigenvalue weighted by Gasteiger charge is -2.13. The summed E-state index contributed by atoms with van der Waals surface area (Å²) in [5.41, 5.74) is 1.41. The third-order valence-electron chi connectivity index (χ3n) is 2.61. The average Bonchev–Trinajstić information content (AvgIpc) is 2.90. The Balaban J connectivity index is 1.88. The summed E-state index contributed by atoms with van der Waals surface area (Å²) in [6, 6.07) is 10.6. The zero-order valence-corrected chi connectivity index (χ0v) is 13.6. The average molecular weight is 366 g/mol. The van der Waals surface area contributed by atoms with Crippen molar-refractivity contribution in [2.75, 3.05) is 0 Å². The van der Waals surface area contributed by atoms with Gasteiger partial charge in [0.15, 0.2) is 6.10 Å². The van der Waals surface area contributed by atoms with E-state index >= 15 is 0 Å². The number of nitrogens with zero attached hydrogens (tertiary/aromatic N) is 1. The molecule has 0 bridgehead atoms. The number of esters is 1. The lowest BCUT2D eigenvalue weighted by Crippen LogP contribution is -2.26. The predicted molar refractivity (Wildman–Crippen MR) is 83.1 cm³/mol. The molecule has 4 nitrogen and oxygen atoms in total. The highest BCUT2D eigenvalue weighted by molar-refractivity contribution is 9.11. The Hall–Kier alpha value is -1.84. The van der Waals surface area contributed by atoms with Crippen molar-refractivity contribution in [2.24, 2.45) is 0 Å². The summed E-state index contributed by atoms with van der Waals surface area (Å²) in [5, 5.41) is 10.7. The van der Waals surface area contributed by atoms with Crippen LogP contribution in [-0.2, 0) is 16.1 Å². The number of hydrogen-bond acceptors (Lipinski definition) is 5. The van der Waals surface area contributed by atoms with Gasteiger partial charge in [-0.25, -0.2) is 4.79 Å². The summed E-state index contributed by atoms with van der Waals surface area (Å²) in [4.78, 5) is 11.9. The van der Waals surface area contributed by atoms with Crippen LogP contribution in [0.4, 0.5) is 0 Å². The molecule has 0 saturated carbocycles. The fraction of sp³-hybridized carbons (Fsp3) is 0.200. The fourth-order valence-corrected chi connectivity index (χ4v) is 2.78. The topological polar surface area (TPSA) is 59.3 Å². The molecule has 108 valence electrons. The number of benzene rings is 1. The van der Waals surface area contributed by atoms with E-state index in [1.165, 1.54) is 11.3 Å². The molecule has 1 aromatic heterocycles. The van der Waals surface area contributed by atoms with Gasteiger partial charge in [0, 0.05) is 5.56 Å². The highest BCUT2D eigenvalue weighted by Crippen LogP contribution is 2.21. The molecule has 0 aliphatic carbocycles. The first-order valence-electron chi connectivity index (χ1n) is 6.15. The lowest BCUT2D eigenvalue weighted by molar-refractivity contribution is -0.152. The zero-order valence-electron chi connectivity index (χ0n) is 11.2. The molecular weight excluding hydrogens is 354 g/mol. The van der Waals surface area contributed by atoms with Gasteiger partial charge in [-0.05, 0) is 52.5 Å². The molecule has 0 aliphatic heterocycles. The number of rotatable bonds is 5. The van der Waals surface area contributed by atoms with Crippen LogP contribution in [0.2, 0.25) is 0 Å². The van der Waals surface area contributed by atoms with Crippen LogP contribution in [-0.4, -0.2) is 12.1 Å². The van der Waals surface area contributed by atoms with Gasteiger partial charge in [0.25, 0.3) is 0 Å². The molecule has 2 rings (SSSR count). The molecule has 0 amide bonds. The van der Waals surface area contributed by atoms with Crippen LogP contribution in [0.1, 0.15) is 18.1 Å². The van der Waals surface area contributed by atoms with E-state index in [1.807, 2.05) is 17.5 Å². The first-order valence-corrected chi connectivity index (χ1v) is 7.82. The number of carbonyl (C=O) groups is 1. The third-order valence-corrected chi connectivity index (χ3v) is 4.16. The number of nitriles is 1. The smallest absolute Gasteiger partial charge is 0.347 e. The van der Waals surface area contributed by atoms with Gasteiger partial charge >= 0.3 is 5.97 Å². The van der Waals surface area contributed by atoms with Gasteiger partial charge < -0.3 is 9.47 Å². The SMILES string of the molecule is CC(Oc1cccc(C#N)c1)C(=O)OCc1csc(Br)c1. The number of halogens is 1. The Labute approximate surface area is 135 Å². The van der Waals surface area contributed by atoms with Crippen molar-refractivity contribution in [3.8, 4) is 11.8 Å². The van der Waals surface area contributed by atoms with Gasteiger partial charge in [-0.2, -0.15) is 5.26 Å². The van der Waals surface area contributed by atoms with E-state index in [4.69, 9.17) is 14.7 Å². The summed E-state index contributed by atoms with van der Waals surface area (Å²) in [7, 11) is 0. The monoisotopic (exact) mass is 365 g/mol. The van der Waals surface area contributed by atoms with E-state index in [9.17, 15) is 4.79 Å². The summed E-state index contributed by atoms with van der Waals surface area (Å²) in [6.07, 6.45) is -0.735. The maximum Gasteiger partial charge on any atom is 0.347 e. The maximum absolute atomic E-state index is 11.9. The summed E-state index contributed by atoms with van der Waals surface area (Å²) in [6.45, 7) is 1.83. The minimum atomic E-state index is -0.735. The minimum absolute atomic E-state index is 0.215. The summed E-state index contributed by atoms with van der Waals surface area (Å²) in [5.74, 6) is 0.0245. The lowest BCUT2D eigenvalue weighted by atomic mass is 10.2. The zero-order chi connectivity index (χ0) is 15.2. The molecule has 0 aliphatic rings. The van der Waals surface area contributed by atoms with Crippen molar-refractivity contribution in [3.05, 3.63) is 50.6 Å². The molecule has 0 saturated heterocycles. The normalized spacial score (nSPS) is 11.5. The largest absolute Gasteiger partial charge is 0.479 e. The molecule has 1 atom stereocenters. The van der Waals surface area contributed by atoms with E-state index in [0.29, 0.717) is 11.3 Å². The van der Waals surface area contributed by atoms with Crippen LogP contribution in [0.3, 0.4) is 0 Å². The molecule has 1 aromatic carbocycles. The predicted octanol–water partition coefficient (Wildman–Crippen LogP) is 3.89. The Morgan fingerprint density at radius 1 is 1.48 bits per heavy atom. The number of carbonyl (C=O) groups excluding carboxylic acids is 1. The van der Waals surface area contributed by atoms with Crippen molar-refractivity contribution in [1.82, 2.24) is 0 Å². The highest BCUT2D eigenvalue weighted by atomic mass is 79.9. The van der Waals surface area contributed by atoms with Crippen molar-refractivity contribution in [2.45, 2.75) is 19.6 Å². The Morgan fingerprint density at radius 3 is 2.95 bits per heavy atom. The Morgan fingerprint density at radius 2 is 2.29 bits per heavy atom. The Bertz CT molecular complexity index is 678. The molecule has 1 unspecified atom stereocenters. The number of hydrogen-bond donors (Lipinski definition) is 0.